The molecule has 0 aliphatic heterocycles. The minimum atomic E-state index is -0.970. The number of rotatable bonds is 4. The van der Waals surface area contributed by atoms with Crippen molar-refractivity contribution in [2.75, 3.05) is 7.05 Å². The number of carbonyl (C=O) groups is 2. The summed E-state index contributed by atoms with van der Waals surface area (Å²) < 4.78 is 1.05. The molecule has 106 valence electrons. The fraction of sp³-hybridized carbons (Fsp3) is 0.333. The van der Waals surface area contributed by atoms with E-state index in [0.29, 0.717) is 11.3 Å². The average Bonchev–Trinajstić information content (AvgIpc) is 2.76. The summed E-state index contributed by atoms with van der Waals surface area (Å²) in [6.07, 6.45) is 0.390. The number of aliphatic carboxylic acids is 1. The van der Waals surface area contributed by atoms with E-state index in [1.165, 1.54) is 16.2 Å². The third-order valence-electron chi connectivity index (χ3n) is 3.50. The van der Waals surface area contributed by atoms with Crippen molar-refractivity contribution in [1.82, 2.24) is 4.90 Å². The van der Waals surface area contributed by atoms with Crippen LogP contribution < -0.4 is 0 Å². The number of likely N-dealkylation sites (N-methyl/N-ethyl adjacent to an activating group) is 1. The second-order valence-corrected chi connectivity index (χ2v) is 5.78. The molecular formula is C15H17NO3S. The Hall–Kier alpha value is -1.88. The minimum absolute atomic E-state index is 0.224. The number of benzene rings is 1. The van der Waals surface area contributed by atoms with Gasteiger partial charge in [0.25, 0.3) is 5.91 Å². The van der Waals surface area contributed by atoms with Crippen LogP contribution in [0.25, 0.3) is 10.1 Å². The molecule has 1 unspecified atom stereocenters. The van der Waals surface area contributed by atoms with Crippen LogP contribution in [-0.2, 0) is 4.79 Å². The summed E-state index contributed by atoms with van der Waals surface area (Å²) in [5.41, 5.74) is 0.919. The predicted molar refractivity (Wildman–Crippen MR) is 80.4 cm³/mol. The van der Waals surface area contributed by atoms with Crippen LogP contribution in [0.1, 0.15) is 28.6 Å². The van der Waals surface area contributed by atoms with Crippen molar-refractivity contribution in [3.8, 4) is 0 Å². The number of carbonyl (C=O) groups excluding carboxylic acids is 1. The molecule has 0 fully saturated rings. The monoisotopic (exact) mass is 291 g/mol. The fourth-order valence-electron chi connectivity index (χ4n) is 2.29. The van der Waals surface area contributed by atoms with Gasteiger partial charge in [-0.3, -0.25) is 4.79 Å². The topological polar surface area (TPSA) is 57.6 Å². The number of fused-ring (bicyclic) bond motifs is 1. The molecule has 1 aromatic heterocycles. The first-order valence-electron chi connectivity index (χ1n) is 6.45. The van der Waals surface area contributed by atoms with E-state index >= 15 is 0 Å². The van der Waals surface area contributed by atoms with Gasteiger partial charge in [0.15, 0.2) is 0 Å². The van der Waals surface area contributed by atoms with Crippen molar-refractivity contribution in [2.45, 2.75) is 26.3 Å². The van der Waals surface area contributed by atoms with Gasteiger partial charge in [0.1, 0.15) is 6.04 Å². The molecule has 2 aromatic rings. The zero-order valence-corrected chi connectivity index (χ0v) is 12.5. The summed E-state index contributed by atoms with van der Waals surface area (Å²) in [6, 6.07) is 7.03. The highest BCUT2D eigenvalue weighted by atomic mass is 32.1. The number of hydrogen-bond donors (Lipinski definition) is 1. The first-order chi connectivity index (χ1) is 9.47. The Morgan fingerprint density at radius 2 is 2.00 bits per heavy atom. The highest BCUT2D eigenvalue weighted by Crippen LogP contribution is 2.31. The Bertz CT molecular complexity index is 662. The van der Waals surface area contributed by atoms with Gasteiger partial charge in [0, 0.05) is 11.7 Å². The summed E-state index contributed by atoms with van der Waals surface area (Å²) in [7, 11) is 1.55. The quantitative estimate of drug-likeness (QED) is 0.941. The van der Waals surface area contributed by atoms with Gasteiger partial charge in [-0.15, -0.1) is 11.3 Å². The molecule has 5 heteroatoms. The molecule has 1 atom stereocenters. The second kappa shape index (κ2) is 5.63. The molecule has 0 saturated heterocycles. The Balaban J connectivity index is 2.40. The molecule has 0 spiro atoms. The maximum atomic E-state index is 12.5. The predicted octanol–water partition coefficient (Wildman–Crippen LogP) is 3.14. The van der Waals surface area contributed by atoms with Crippen molar-refractivity contribution in [3.05, 3.63) is 34.7 Å². The summed E-state index contributed by atoms with van der Waals surface area (Å²) in [6.45, 7) is 3.67. The largest absolute Gasteiger partial charge is 0.480 e. The van der Waals surface area contributed by atoms with Crippen molar-refractivity contribution < 1.29 is 14.7 Å². The van der Waals surface area contributed by atoms with Crippen molar-refractivity contribution in [3.63, 3.8) is 0 Å². The fourth-order valence-corrected chi connectivity index (χ4v) is 3.49. The molecule has 0 aliphatic rings. The number of amides is 1. The lowest BCUT2D eigenvalue weighted by Gasteiger charge is -2.23. The molecule has 0 radical (unpaired) electrons. The van der Waals surface area contributed by atoms with Gasteiger partial charge >= 0.3 is 5.97 Å². The molecule has 20 heavy (non-hydrogen) atoms. The van der Waals surface area contributed by atoms with E-state index in [-0.39, 0.29) is 5.91 Å². The van der Waals surface area contributed by atoms with E-state index < -0.39 is 12.0 Å². The van der Waals surface area contributed by atoms with Crippen molar-refractivity contribution in [2.24, 2.45) is 0 Å². The van der Waals surface area contributed by atoms with E-state index in [0.717, 1.165) is 15.6 Å². The smallest absolute Gasteiger partial charge is 0.326 e. The van der Waals surface area contributed by atoms with Crippen LogP contribution in [0, 0.1) is 6.92 Å². The first kappa shape index (κ1) is 14.5. The Morgan fingerprint density at radius 1 is 1.35 bits per heavy atom. The lowest BCUT2D eigenvalue weighted by atomic mass is 10.1. The maximum Gasteiger partial charge on any atom is 0.326 e. The van der Waals surface area contributed by atoms with E-state index in [1.54, 1.807) is 14.0 Å². The zero-order chi connectivity index (χ0) is 14.9. The summed E-state index contributed by atoms with van der Waals surface area (Å²) in [4.78, 5) is 25.6. The number of carboxylic acid groups (broad SMARTS) is 1. The van der Waals surface area contributed by atoms with Gasteiger partial charge in [-0.05, 0) is 30.4 Å². The van der Waals surface area contributed by atoms with Gasteiger partial charge < -0.3 is 10.0 Å². The molecule has 1 N–H and O–H groups in total. The Kier molecular flexibility index (Phi) is 4.09. The molecule has 4 nitrogen and oxygen atoms in total. The number of aryl methyl sites for hydroxylation is 1. The molecule has 0 bridgehead atoms. The van der Waals surface area contributed by atoms with Crippen LogP contribution in [0.3, 0.4) is 0 Å². The third-order valence-corrected chi connectivity index (χ3v) is 4.76. The van der Waals surface area contributed by atoms with Crippen molar-refractivity contribution in [1.29, 1.82) is 0 Å². The summed E-state index contributed by atoms with van der Waals surface area (Å²) in [5, 5.41) is 10.2. The van der Waals surface area contributed by atoms with Gasteiger partial charge in [-0.25, -0.2) is 4.79 Å². The van der Waals surface area contributed by atoms with Crippen LogP contribution >= 0.6 is 11.3 Å². The third kappa shape index (κ3) is 2.41. The van der Waals surface area contributed by atoms with Gasteiger partial charge in [-0.2, -0.15) is 0 Å². The molecule has 0 saturated carbocycles. The van der Waals surface area contributed by atoms with E-state index in [1.807, 2.05) is 31.2 Å². The van der Waals surface area contributed by atoms with E-state index in [9.17, 15) is 9.59 Å². The number of nitrogens with zero attached hydrogens (tertiary/aromatic N) is 1. The zero-order valence-electron chi connectivity index (χ0n) is 11.7. The normalized spacial score (nSPS) is 12.3. The van der Waals surface area contributed by atoms with Crippen LogP contribution in [0.5, 0.6) is 0 Å². The van der Waals surface area contributed by atoms with Gasteiger partial charge in [-0.1, -0.05) is 25.1 Å². The Morgan fingerprint density at radius 3 is 2.55 bits per heavy atom. The molecular weight excluding hydrogens is 274 g/mol. The standard InChI is InChI=1S/C15H17NO3S/c1-4-11(15(18)19)16(3)14(17)13-9(2)10-7-5-6-8-12(10)20-13/h5-8,11H,4H2,1-3H3,(H,18,19). The lowest BCUT2D eigenvalue weighted by Crippen LogP contribution is -2.41. The number of carboxylic acids is 1. The van der Waals surface area contributed by atoms with Crippen molar-refractivity contribution >= 4 is 33.3 Å². The van der Waals surface area contributed by atoms with Gasteiger partial charge in [0.05, 0.1) is 4.88 Å². The molecule has 1 aromatic carbocycles. The summed E-state index contributed by atoms with van der Waals surface area (Å²) >= 11 is 1.42. The second-order valence-electron chi connectivity index (χ2n) is 4.73. The highest BCUT2D eigenvalue weighted by molar-refractivity contribution is 7.21. The van der Waals surface area contributed by atoms with Gasteiger partial charge in [0.2, 0.25) is 0 Å². The number of thiophene rings is 1. The SMILES string of the molecule is CCC(C(=O)O)N(C)C(=O)c1sc2ccccc2c1C. The number of hydrogen-bond acceptors (Lipinski definition) is 3. The average molecular weight is 291 g/mol. The van der Waals surface area contributed by atoms with Crippen LogP contribution in [0.2, 0.25) is 0 Å². The maximum absolute atomic E-state index is 12.5. The van der Waals surface area contributed by atoms with E-state index in [4.69, 9.17) is 5.11 Å². The molecule has 2 rings (SSSR count). The summed E-state index contributed by atoms with van der Waals surface area (Å²) in [5.74, 6) is -1.19. The molecule has 1 heterocycles. The van der Waals surface area contributed by atoms with Crippen LogP contribution in [0.4, 0.5) is 0 Å². The van der Waals surface area contributed by atoms with E-state index in [2.05, 4.69) is 0 Å². The minimum Gasteiger partial charge on any atom is -0.480 e. The Labute approximate surface area is 121 Å². The van der Waals surface area contributed by atoms with Crippen LogP contribution in [0.15, 0.2) is 24.3 Å². The first-order valence-corrected chi connectivity index (χ1v) is 7.27. The molecule has 1 amide bonds. The lowest BCUT2D eigenvalue weighted by molar-refractivity contribution is -0.142. The highest BCUT2D eigenvalue weighted by Gasteiger charge is 2.27. The van der Waals surface area contributed by atoms with Crippen LogP contribution in [-0.4, -0.2) is 35.0 Å². The molecule has 0 aliphatic carbocycles.